The first-order valence-electron chi connectivity index (χ1n) is 13.5. The number of alkyl halides is 3. The smallest absolute Gasteiger partial charge is 0.352 e. The van der Waals surface area contributed by atoms with Gasteiger partial charge in [0.25, 0.3) is 10.0 Å². The van der Waals surface area contributed by atoms with Crippen LogP contribution >= 0.6 is 23.2 Å². The maximum atomic E-state index is 14.1. The van der Waals surface area contributed by atoms with Gasteiger partial charge in [-0.1, -0.05) is 67.4 Å². The van der Waals surface area contributed by atoms with Gasteiger partial charge in [-0.15, -0.1) is 0 Å². The number of hydrogen-bond acceptors (Lipinski definition) is 4. The summed E-state index contributed by atoms with van der Waals surface area (Å²) in [6.07, 6.45) is -3.98. The van der Waals surface area contributed by atoms with Crippen LogP contribution in [0.25, 0.3) is 0 Å². The predicted octanol–water partition coefficient (Wildman–Crippen LogP) is 6.93. The lowest BCUT2D eigenvalue weighted by Gasteiger charge is -2.34. The number of nitrogens with zero attached hydrogens (tertiary/aromatic N) is 2. The molecule has 0 fully saturated rings. The number of carbonyl (C=O) groups excluding carboxylic acids is 2. The molecule has 3 rings (SSSR count). The van der Waals surface area contributed by atoms with Crippen molar-refractivity contribution in [3.8, 4) is 0 Å². The van der Waals surface area contributed by atoms with Crippen molar-refractivity contribution >= 4 is 50.7 Å². The lowest BCUT2D eigenvalue weighted by atomic mass is 10.1. The SMILES string of the molecule is CC[C@@H](C)NC(=O)[C@H](CC)N(Cc1ccc(Cl)cc1Cl)C(=O)CN(c1cccc(C(F)(F)F)c1)S(=O)(=O)c1ccccc1. The fraction of sp³-hybridized carbons (Fsp3) is 0.333. The maximum Gasteiger partial charge on any atom is 0.416 e. The van der Waals surface area contributed by atoms with Crippen LogP contribution in [0.5, 0.6) is 0 Å². The van der Waals surface area contributed by atoms with E-state index < -0.39 is 46.2 Å². The summed E-state index contributed by atoms with van der Waals surface area (Å²) in [5.41, 5.74) is -1.02. The summed E-state index contributed by atoms with van der Waals surface area (Å²) in [5, 5.41) is 3.41. The standard InChI is InChI=1S/C30H32Cl2F3N3O4S/c1-4-20(3)36-29(40)27(5-2)37(18-21-14-15-23(31)17-26(21)32)28(39)19-38(43(41,42)25-12-7-6-8-13-25)24-11-9-10-22(16-24)30(33,34)35/h6-17,20,27H,4-5,18-19H2,1-3H3,(H,36,40)/t20-,27+/m1/s1. The zero-order valence-electron chi connectivity index (χ0n) is 23.7. The summed E-state index contributed by atoms with van der Waals surface area (Å²) in [6.45, 7) is 4.29. The fourth-order valence-corrected chi connectivity index (χ4v) is 6.18. The van der Waals surface area contributed by atoms with E-state index in [0.29, 0.717) is 27.4 Å². The first kappa shape index (κ1) is 34.2. The third kappa shape index (κ3) is 8.64. The van der Waals surface area contributed by atoms with Gasteiger partial charge in [0.15, 0.2) is 0 Å². The summed E-state index contributed by atoms with van der Waals surface area (Å²) in [5.74, 6) is -1.29. The number of amides is 2. The molecule has 3 aromatic carbocycles. The van der Waals surface area contributed by atoms with E-state index >= 15 is 0 Å². The Morgan fingerprint density at radius 3 is 2.19 bits per heavy atom. The Morgan fingerprint density at radius 1 is 0.930 bits per heavy atom. The van der Waals surface area contributed by atoms with Crippen molar-refractivity contribution in [1.29, 1.82) is 0 Å². The predicted molar refractivity (Wildman–Crippen MR) is 161 cm³/mol. The Kier molecular flexibility index (Phi) is 11.5. The van der Waals surface area contributed by atoms with Gasteiger partial charge in [0.2, 0.25) is 11.8 Å². The highest BCUT2D eigenvalue weighted by Gasteiger charge is 2.36. The van der Waals surface area contributed by atoms with Crippen LogP contribution in [0, 0.1) is 0 Å². The first-order chi connectivity index (χ1) is 20.2. The van der Waals surface area contributed by atoms with E-state index in [1.807, 2.05) is 6.92 Å². The van der Waals surface area contributed by atoms with Crippen molar-refractivity contribution in [1.82, 2.24) is 10.2 Å². The van der Waals surface area contributed by atoms with Crippen molar-refractivity contribution < 1.29 is 31.2 Å². The van der Waals surface area contributed by atoms with E-state index in [1.165, 1.54) is 41.3 Å². The van der Waals surface area contributed by atoms with Crippen LogP contribution in [0.1, 0.15) is 44.7 Å². The number of benzene rings is 3. The summed E-state index contributed by atoms with van der Waals surface area (Å²) >= 11 is 12.4. The van der Waals surface area contributed by atoms with Gasteiger partial charge in [0.1, 0.15) is 12.6 Å². The van der Waals surface area contributed by atoms with Crippen LogP contribution in [-0.4, -0.2) is 43.8 Å². The molecule has 232 valence electrons. The van der Waals surface area contributed by atoms with Crippen LogP contribution < -0.4 is 9.62 Å². The Morgan fingerprint density at radius 2 is 1.60 bits per heavy atom. The topological polar surface area (TPSA) is 86.8 Å². The van der Waals surface area contributed by atoms with Crippen molar-refractivity contribution in [2.24, 2.45) is 0 Å². The van der Waals surface area contributed by atoms with E-state index in [0.717, 1.165) is 12.1 Å². The zero-order chi connectivity index (χ0) is 31.9. The minimum absolute atomic E-state index is 0.161. The van der Waals surface area contributed by atoms with E-state index in [2.05, 4.69) is 5.32 Å². The normalized spacial score (nSPS) is 13.2. The minimum Gasteiger partial charge on any atom is -0.352 e. The van der Waals surface area contributed by atoms with Crippen LogP contribution in [0.4, 0.5) is 18.9 Å². The minimum atomic E-state index is -4.76. The average molecular weight is 659 g/mol. The molecule has 0 aliphatic carbocycles. The van der Waals surface area contributed by atoms with Crippen LogP contribution in [0.3, 0.4) is 0 Å². The van der Waals surface area contributed by atoms with Crippen LogP contribution in [0.2, 0.25) is 10.0 Å². The number of hydrogen-bond donors (Lipinski definition) is 1. The number of halogens is 5. The highest BCUT2D eigenvalue weighted by atomic mass is 35.5. The summed E-state index contributed by atoms with van der Waals surface area (Å²) < 4.78 is 69.1. The van der Waals surface area contributed by atoms with Gasteiger partial charge in [-0.25, -0.2) is 8.42 Å². The molecule has 1 N–H and O–H groups in total. The van der Waals surface area contributed by atoms with Crippen LogP contribution in [-0.2, 0) is 32.3 Å². The van der Waals surface area contributed by atoms with Crippen molar-refractivity contribution in [2.75, 3.05) is 10.8 Å². The summed E-state index contributed by atoms with van der Waals surface area (Å²) in [4.78, 5) is 28.4. The van der Waals surface area contributed by atoms with E-state index in [9.17, 15) is 31.2 Å². The third-order valence-corrected chi connectivity index (χ3v) is 9.19. The Labute approximate surface area is 259 Å². The molecule has 13 heteroatoms. The van der Waals surface area contributed by atoms with Gasteiger partial charge in [0, 0.05) is 22.6 Å². The third-order valence-electron chi connectivity index (χ3n) is 6.81. The molecule has 2 amide bonds. The molecule has 2 atom stereocenters. The molecular formula is C30H32Cl2F3N3O4S. The van der Waals surface area contributed by atoms with Gasteiger partial charge in [0.05, 0.1) is 16.1 Å². The second kappa shape index (κ2) is 14.5. The lowest BCUT2D eigenvalue weighted by molar-refractivity contribution is -0.140. The molecule has 0 bridgehead atoms. The first-order valence-corrected chi connectivity index (χ1v) is 15.7. The molecule has 0 heterocycles. The Balaban J connectivity index is 2.13. The summed E-state index contributed by atoms with van der Waals surface area (Å²) in [7, 11) is -4.53. The highest BCUT2D eigenvalue weighted by Crippen LogP contribution is 2.33. The lowest BCUT2D eigenvalue weighted by Crippen LogP contribution is -2.53. The molecule has 0 saturated heterocycles. The number of sulfonamides is 1. The monoisotopic (exact) mass is 657 g/mol. The number of nitrogens with one attached hydrogen (secondary N) is 1. The van der Waals surface area contributed by atoms with Crippen molar-refractivity contribution in [3.05, 3.63) is 94.0 Å². The van der Waals surface area contributed by atoms with Gasteiger partial charge >= 0.3 is 6.18 Å². The summed E-state index contributed by atoms with van der Waals surface area (Å²) in [6, 6.07) is 14.1. The Bertz CT molecular complexity index is 1540. The molecule has 0 aromatic heterocycles. The molecule has 3 aromatic rings. The number of anilines is 1. The second-order valence-corrected chi connectivity index (χ2v) is 12.6. The molecule has 0 aliphatic rings. The van der Waals surface area contributed by atoms with Crippen molar-refractivity contribution in [3.63, 3.8) is 0 Å². The molecule has 0 unspecified atom stereocenters. The average Bonchev–Trinajstić information content (AvgIpc) is 2.96. The second-order valence-electron chi connectivity index (χ2n) is 9.87. The van der Waals surface area contributed by atoms with Crippen LogP contribution in [0.15, 0.2) is 77.7 Å². The number of rotatable bonds is 12. The van der Waals surface area contributed by atoms with E-state index in [1.54, 1.807) is 32.0 Å². The largest absolute Gasteiger partial charge is 0.416 e. The Hall–Kier alpha value is -3.28. The van der Waals surface area contributed by atoms with E-state index in [4.69, 9.17) is 23.2 Å². The van der Waals surface area contributed by atoms with Gasteiger partial charge < -0.3 is 10.2 Å². The molecule has 7 nitrogen and oxygen atoms in total. The van der Waals surface area contributed by atoms with Gasteiger partial charge in [-0.3, -0.25) is 13.9 Å². The quantitative estimate of drug-likeness (QED) is 0.229. The van der Waals surface area contributed by atoms with Crippen molar-refractivity contribution in [2.45, 2.75) is 63.3 Å². The van der Waals surface area contributed by atoms with Gasteiger partial charge in [-0.05, 0) is 67.8 Å². The fourth-order valence-electron chi connectivity index (χ4n) is 4.28. The number of carbonyl (C=O) groups is 2. The molecule has 43 heavy (non-hydrogen) atoms. The van der Waals surface area contributed by atoms with E-state index in [-0.39, 0.29) is 34.6 Å². The highest BCUT2D eigenvalue weighted by molar-refractivity contribution is 7.92. The molecule has 0 spiro atoms. The molecule has 0 radical (unpaired) electrons. The van der Waals surface area contributed by atoms with Gasteiger partial charge in [-0.2, -0.15) is 13.2 Å². The molecule has 0 saturated carbocycles. The zero-order valence-corrected chi connectivity index (χ0v) is 26.1. The molecular weight excluding hydrogens is 626 g/mol. The maximum absolute atomic E-state index is 14.1. The molecule has 0 aliphatic heterocycles.